The molecular weight excluding hydrogens is 352 g/mol. The van der Waals surface area contributed by atoms with Gasteiger partial charge in [0, 0.05) is 11.6 Å². The minimum absolute atomic E-state index is 0.0797. The van der Waals surface area contributed by atoms with E-state index in [0.717, 1.165) is 6.92 Å². The lowest BCUT2D eigenvalue weighted by Crippen LogP contribution is -2.17. The SMILES string of the molecule is CC(=O)c1c(O)oc(=O)c(C(C)=Nc2cccc(NC(=O)C(C)C)c2)c1O. The molecule has 0 saturated heterocycles. The fourth-order valence-corrected chi connectivity index (χ4v) is 2.34. The maximum atomic E-state index is 12.0. The topological polar surface area (TPSA) is 129 Å². The third kappa shape index (κ3) is 4.41. The summed E-state index contributed by atoms with van der Waals surface area (Å²) in [4.78, 5) is 39.6. The van der Waals surface area contributed by atoms with Gasteiger partial charge in [0.25, 0.3) is 5.95 Å². The van der Waals surface area contributed by atoms with Gasteiger partial charge in [-0.15, -0.1) is 0 Å². The molecule has 2 rings (SSSR count). The van der Waals surface area contributed by atoms with E-state index in [1.54, 1.807) is 38.1 Å². The Hall–Kier alpha value is -3.42. The van der Waals surface area contributed by atoms with Crippen molar-refractivity contribution in [1.29, 1.82) is 0 Å². The summed E-state index contributed by atoms with van der Waals surface area (Å²) in [6.07, 6.45) is 0. The average Bonchev–Trinajstić information content (AvgIpc) is 2.53. The lowest BCUT2D eigenvalue weighted by atomic mass is 10.1. The zero-order chi connectivity index (χ0) is 20.3. The molecule has 0 fully saturated rings. The summed E-state index contributed by atoms with van der Waals surface area (Å²) < 4.78 is 4.62. The Kier molecular flexibility index (Phi) is 5.79. The zero-order valence-electron chi connectivity index (χ0n) is 15.4. The van der Waals surface area contributed by atoms with Crippen LogP contribution in [0, 0.1) is 5.92 Å². The predicted octanol–water partition coefficient (Wildman–Crippen LogP) is 2.99. The second-order valence-electron chi connectivity index (χ2n) is 6.24. The Bertz CT molecular complexity index is 988. The first-order chi connectivity index (χ1) is 12.6. The van der Waals surface area contributed by atoms with E-state index in [2.05, 4.69) is 14.7 Å². The molecule has 3 N–H and O–H groups in total. The number of amides is 1. The van der Waals surface area contributed by atoms with E-state index in [9.17, 15) is 24.6 Å². The van der Waals surface area contributed by atoms with Gasteiger partial charge in [-0.05, 0) is 32.0 Å². The Morgan fingerprint density at radius 1 is 1.15 bits per heavy atom. The van der Waals surface area contributed by atoms with Gasteiger partial charge in [-0.1, -0.05) is 19.9 Å². The Labute approximate surface area is 155 Å². The van der Waals surface area contributed by atoms with E-state index >= 15 is 0 Å². The van der Waals surface area contributed by atoms with E-state index in [4.69, 9.17) is 0 Å². The van der Waals surface area contributed by atoms with Crippen molar-refractivity contribution in [3.8, 4) is 11.7 Å². The molecule has 0 aliphatic carbocycles. The molecule has 8 nitrogen and oxygen atoms in total. The van der Waals surface area contributed by atoms with E-state index in [1.807, 2.05) is 0 Å². The van der Waals surface area contributed by atoms with Gasteiger partial charge in [0.05, 0.1) is 11.4 Å². The number of carbonyl (C=O) groups excluding carboxylic acids is 2. The standard InChI is InChI=1S/C19H20N2O6/c1-9(2)17(24)21-13-7-5-6-12(8-13)20-10(3)14-16(23)15(11(4)22)19(26)27-18(14)25/h5-9,23,26H,1-4H3,(H,21,24). The molecule has 2 aromatic rings. The molecule has 1 heterocycles. The van der Waals surface area contributed by atoms with Crippen molar-refractivity contribution in [1.82, 2.24) is 0 Å². The molecule has 1 aromatic carbocycles. The summed E-state index contributed by atoms with van der Waals surface area (Å²) in [7, 11) is 0. The molecule has 0 radical (unpaired) electrons. The number of ketones is 1. The third-order valence-electron chi connectivity index (χ3n) is 3.73. The smallest absolute Gasteiger partial charge is 0.351 e. The molecule has 8 heteroatoms. The highest BCUT2D eigenvalue weighted by Crippen LogP contribution is 2.29. The first-order valence-corrected chi connectivity index (χ1v) is 8.18. The van der Waals surface area contributed by atoms with Crippen LogP contribution in [-0.2, 0) is 4.79 Å². The van der Waals surface area contributed by atoms with Crippen molar-refractivity contribution < 1.29 is 24.2 Å². The summed E-state index contributed by atoms with van der Waals surface area (Å²) in [6, 6.07) is 6.59. The van der Waals surface area contributed by atoms with E-state index in [1.165, 1.54) is 6.92 Å². The first kappa shape index (κ1) is 19.9. The van der Waals surface area contributed by atoms with Crippen LogP contribution >= 0.6 is 0 Å². The van der Waals surface area contributed by atoms with Crippen molar-refractivity contribution in [2.24, 2.45) is 10.9 Å². The van der Waals surface area contributed by atoms with Gasteiger partial charge in [0.2, 0.25) is 5.91 Å². The highest BCUT2D eigenvalue weighted by atomic mass is 16.5. The van der Waals surface area contributed by atoms with Crippen LogP contribution in [-0.4, -0.2) is 27.6 Å². The molecular formula is C19H20N2O6. The lowest BCUT2D eigenvalue weighted by Gasteiger charge is -2.09. The van der Waals surface area contributed by atoms with Crippen molar-refractivity contribution in [2.45, 2.75) is 27.7 Å². The number of nitrogens with zero attached hydrogens (tertiary/aromatic N) is 1. The fourth-order valence-electron chi connectivity index (χ4n) is 2.34. The summed E-state index contributed by atoms with van der Waals surface area (Å²) in [5.41, 5.74) is -0.831. The maximum Gasteiger partial charge on any atom is 0.351 e. The molecule has 0 bridgehead atoms. The summed E-state index contributed by atoms with van der Waals surface area (Å²) >= 11 is 0. The number of anilines is 1. The van der Waals surface area contributed by atoms with Crippen LogP contribution in [0.2, 0.25) is 0 Å². The number of rotatable bonds is 5. The van der Waals surface area contributed by atoms with Crippen molar-refractivity contribution in [3.05, 3.63) is 45.8 Å². The monoisotopic (exact) mass is 372 g/mol. The predicted molar refractivity (Wildman–Crippen MR) is 100 cm³/mol. The van der Waals surface area contributed by atoms with Crippen LogP contribution in [0.5, 0.6) is 11.7 Å². The molecule has 1 aromatic heterocycles. The molecule has 27 heavy (non-hydrogen) atoms. The summed E-state index contributed by atoms with van der Waals surface area (Å²) in [6.45, 7) is 6.10. The summed E-state index contributed by atoms with van der Waals surface area (Å²) in [5.74, 6) is -2.65. The molecule has 0 saturated carbocycles. The van der Waals surface area contributed by atoms with Crippen LogP contribution in [0.15, 0.2) is 38.5 Å². The molecule has 0 atom stereocenters. The second-order valence-corrected chi connectivity index (χ2v) is 6.24. The van der Waals surface area contributed by atoms with E-state index in [0.29, 0.717) is 11.4 Å². The number of hydrogen-bond acceptors (Lipinski definition) is 7. The Morgan fingerprint density at radius 3 is 2.41 bits per heavy atom. The van der Waals surface area contributed by atoms with Gasteiger partial charge >= 0.3 is 5.63 Å². The number of aromatic hydroxyl groups is 2. The molecule has 0 unspecified atom stereocenters. The Morgan fingerprint density at radius 2 is 1.81 bits per heavy atom. The number of nitrogens with one attached hydrogen (secondary N) is 1. The minimum atomic E-state index is -1.03. The zero-order valence-corrected chi connectivity index (χ0v) is 15.4. The normalized spacial score (nSPS) is 11.5. The fraction of sp³-hybridized carbons (Fsp3) is 0.263. The van der Waals surface area contributed by atoms with Crippen molar-refractivity contribution in [2.75, 3.05) is 5.32 Å². The largest absolute Gasteiger partial charge is 0.506 e. The third-order valence-corrected chi connectivity index (χ3v) is 3.73. The highest BCUT2D eigenvalue weighted by molar-refractivity contribution is 6.07. The van der Waals surface area contributed by atoms with Crippen LogP contribution in [0.3, 0.4) is 0 Å². The Balaban J connectivity index is 2.47. The number of benzene rings is 1. The molecule has 0 aliphatic heterocycles. The van der Waals surface area contributed by atoms with Gasteiger partial charge in [0.1, 0.15) is 16.9 Å². The molecule has 1 amide bonds. The molecule has 142 valence electrons. The first-order valence-electron chi connectivity index (χ1n) is 8.18. The lowest BCUT2D eigenvalue weighted by molar-refractivity contribution is -0.118. The molecule has 0 aliphatic rings. The number of aliphatic imine (C=N–C) groups is 1. The maximum absolute atomic E-state index is 12.0. The quantitative estimate of drug-likeness (QED) is 0.546. The number of Topliss-reactive ketones (excluding diaryl/α,β-unsaturated/α-hetero) is 1. The van der Waals surface area contributed by atoms with Gasteiger partial charge in [-0.3, -0.25) is 14.6 Å². The highest BCUT2D eigenvalue weighted by Gasteiger charge is 2.24. The van der Waals surface area contributed by atoms with E-state index in [-0.39, 0.29) is 23.1 Å². The van der Waals surface area contributed by atoms with Crippen LogP contribution in [0.4, 0.5) is 11.4 Å². The minimum Gasteiger partial charge on any atom is -0.506 e. The molecule has 0 spiro atoms. The number of carbonyl (C=O) groups is 2. The summed E-state index contributed by atoms with van der Waals surface area (Å²) in [5, 5.41) is 22.5. The van der Waals surface area contributed by atoms with Gasteiger partial charge in [-0.2, -0.15) is 0 Å². The van der Waals surface area contributed by atoms with E-state index < -0.39 is 28.7 Å². The van der Waals surface area contributed by atoms with Gasteiger partial charge < -0.3 is 19.9 Å². The van der Waals surface area contributed by atoms with Crippen LogP contribution in [0.1, 0.15) is 43.6 Å². The van der Waals surface area contributed by atoms with Gasteiger partial charge in [-0.25, -0.2) is 4.79 Å². The van der Waals surface area contributed by atoms with Crippen molar-refractivity contribution >= 4 is 28.8 Å². The number of hydrogen-bond donors (Lipinski definition) is 3. The average molecular weight is 372 g/mol. The van der Waals surface area contributed by atoms with Crippen LogP contribution in [0.25, 0.3) is 0 Å². The van der Waals surface area contributed by atoms with Gasteiger partial charge in [0.15, 0.2) is 5.78 Å². The second kappa shape index (κ2) is 7.86. The van der Waals surface area contributed by atoms with Crippen molar-refractivity contribution in [3.63, 3.8) is 0 Å². The van der Waals surface area contributed by atoms with Crippen LogP contribution < -0.4 is 10.9 Å².